The van der Waals surface area contributed by atoms with E-state index in [9.17, 15) is 0 Å². The van der Waals surface area contributed by atoms with Crippen LogP contribution in [0.2, 0.25) is 0 Å². The number of nitrogens with one attached hydrogen (secondary N) is 2. The van der Waals surface area contributed by atoms with Gasteiger partial charge >= 0.3 is 0 Å². The van der Waals surface area contributed by atoms with Crippen LogP contribution in [0.5, 0.6) is 0 Å². The second-order valence-electron chi connectivity index (χ2n) is 5.68. The van der Waals surface area contributed by atoms with Gasteiger partial charge in [-0.25, -0.2) is 4.98 Å². The monoisotopic (exact) mass is 345 g/mol. The molecule has 0 atom stereocenters. The highest BCUT2D eigenvalue weighted by molar-refractivity contribution is 7.11. The lowest BCUT2D eigenvalue weighted by atomic mass is 10.2. The van der Waals surface area contributed by atoms with Crippen molar-refractivity contribution in [1.82, 2.24) is 15.6 Å². The van der Waals surface area contributed by atoms with Crippen LogP contribution >= 0.6 is 11.3 Å². The van der Waals surface area contributed by atoms with Gasteiger partial charge in [-0.1, -0.05) is 18.2 Å². The number of guanidine groups is 1. The highest BCUT2D eigenvalue weighted by atomic mass is 32.1. The Morgan fingerprint density at radius 3 is 2.67 bits per heavy atom. The number of para-hydroxylation sites is 1. The number of thiazole rings is 1. The number of hydrogen-bond donors (Lipinski definition) is 2. The molecule has 0 saturated carbocycles. The van der Waals surface area contributed by atoms with Crippen molar-refractivity contribution in [3.8, 4) is 0 Å². The van der Waals surface area contributed by atoms with Gasteiger partial charge in [0.25, 0.3) is 0 Å². The lowest BCUT2D eigenvalue weighted by Gasteiger charge is -2.19. The van der Waals surface area contributed by atoms with E-state index in [-0.39, 0.29) is 0 Å². The van der Waals surface area contributed by atoms with Gasteiger partial charge in [-0.2, -0.15) is 0 Å². The molecule has 0 aliphatic rings. The van der Waals surface area contributed by atoms with Gasteiger partial charge in [0.05, 0.1) is 6.54 Å². The fourth-order valence-corrected chi connectivity index (χ4v) is 3.08. The maximum absolute atomic E-state index is 4.35. The Labute approximate surface area is 148 Å². The standard InChI is InChI=1S/C18H27N5S/c1-15-13-21-17(24-15)14-22-18(19-2)20-11-7-8-12-23(3)16-9-5-4-6-10-16/h4-6,9-10,13H,7-8,11-12,14H2,1-3H3,(H2,19,20,22). The molecule has 0 fully saturated rings. The Morgan fingerprint density at radius 1 is 1.21 bits per heavy atom. The molecule has 0 aliphatic carbocycles. The predicted molar refractivity (Wildman–Crippen MR) is 104 cm³/mol. The molecule has 1 aromatic heterocycles. The maximum Gasteiger partial charge on any atom is 0.191 e. The minimum Gasteiger partial charge on any atom is -0.375 e. The first-order valence-electron chi connectivity index (χ1n) is 8.31. The molecule has 0 radical (unpaired) electrons. The van der Waals surface area contributed by atoms with E-state index in [4.69, 9.17) is 0 Å². The predicted octanol–water partition coefficient (Wildman–Crippen LogP) is 3.03. The van der Waals surface area contributed by atoms with E-state index < -0.39 is 0 Å². The summed E-state index contributed by atoms with van der Waals surface area (Å²) < 4.78 is 0. The molecular formula is C18H27N5S. The maximum atomic E-state index is 4.35. The second-order valence-corrected chi connectivity index (χ2v) is 7.00. The van der Waals surface area contributed by atoms with E-state index >= 15 is 0 Å². The molecule has 0 amide bonds. The van der Waals surface area contributed by atoms with Crippen LogP contribution in [0.1, 0.15) is 22.7 Å². The molecule has 0 spiro atoms. The number of aliphatic imine (C=N–C) groups is 1. The van der Waals surface area contributed by atoms with Crippen molar-refractivity contribution >= 4 is 23.0 Å². The average molecular weight is 346 g/mol. The van der Waals surface area contributed by atoms with Crippen molar-refractivity contribution in [3.05, 3.63) is 46.4 Å². The fourth-order valence-electron chi connectivity index (χ4n) is 2.36. The van der Waals surface area contributed by atoms with E-state index in [2.05, 4.69) is 63.7 Å². The van der Waals surface area contributed by atoms with Crippen LogP contribution in [-0.4, -0.2) is 38.1 Å². The summed E-state index contributed by atoms with van der Waals surface area (Å²) in [5.74, 6) is 0.833. The van der Waals surface area contributed by atoms with Gasteiger partial charge in [0.15, 0.2) is 5.96 Å². The van der Waals surface area contributed by atoms with Crippen molar-refractivity contribution in [1.29, 1.82) is 0 Å². The van der Waals surface area contributed by atoms with Crippen LogP contribution in [0.4, 0.5) is 5.69 Å². The number of unbranched alkanes of at least 4 members (excludes halogenated alkanes) is 1. The highest BCUT2D eigenvalue weighted by Gasteiger charge is 2.02. The van der Waals surface area contributed by atoms with Crippen LogP contribution < -0.4 is 15.5 Å². The minimum absolute atomic E-state index is 0.717. The Kier molecular flexibility index (Phi) is 7.55. The fraction of sp³-hybridized carbons (Fsp3) is 0.444. The van der Waals surface area contributed by atoms with E-state index in [1.807, 2.05) is 12.3 Å². The molecule has 2 rings (SSSR count). The molecule has 0 unspecified atom stereocenters. The molecule has 5 nitrogen and oxygen atoms in total. The molecule has 0 saturated heterocycles. The van der Waals surface area contributed by atoms with Crippen molar-refractivity contribution in [2.45, 2.75) is 26.3 Å². The Morgan fingerprint density at radius 2 is 2.00 bits per heavy atom. The average Bonchev–Trinajstić information content (AvgIpc) is 3.03. The van der Waals surface area contributed by atoms with E-state index in [0.717, 1.165) is 43.4 Å². The summed E-state index contributed by atoms with van der Waals surface area (Å²) in [4.78, 5) is 12.1. The normalized spacial score (nSPS) is 11.4. The molecule has 0 aliphatic heterocycles. The minimum atomic E-state index is 0.717. The quantitative estimate of drug-likeness (QED) is 0.439. The van der Waals surface area contributed by atoms with E-state index in [1.54, 1.807) is 18.4 Å². The third kappa shape index (κ3) is 6.20. The topological polar surface area (TPSA) is 52.6 Å². The molecule has 0 bridgehead atoms. The van der Waals surface area contributed by atoms with Gasteiger partial charge < -0.3 is 15.5 Å². The zero-order chi connectivity index (χ0) is 17.2. The van der Waals surface area contributed by atoms with Crippen LogP contribution in [0.25, 0.3) is 0 Å². The summed E-state index contributed by atoms with van der Waals surface area (Å²) >= 11 is 1.71. The Bertz CT molecular complexity index is 623. The van der Waals surface area contributed by atoms with E-state index in [0.29, 0.717) is 0 Å². The lowest BCUT2D eigenvalue weighted by Crippen LogP contribution is -2.37. The molecular weight excluding hydrogens is 318 g/mol. The van der Waals surface area contributed by atoms with Crippen LogP contribution in [0, 0.1) is 6.92 Å². The van der Waals surface area contributed by atoms with Gasteiger partial charge in [0, 0.05) is 43.9 Å². The van der Waals surface area contributed by atoms with Crippen molar-refractivity contribution < 1.29 is 0 Å². The zero-order valence-corrected chi connectivity index (χ0v) is 15.6. The van der Waals surface area contributed by atoms with Gasteiger partial charge in [0.2, 0.25) is 0 Å². The molecule has 1 aromatic carbocycles. The first kappa shape index (κ1) is 18.3. The van der Waals surface area contributed by atoms with Gasteiger partial charge in [0.1, 0.15) is 5.01 Å². The summed E-state index contributed by atoms with van der Waals surface area (Å²) in [5.41, 5.74) is 1.27. The smallest absolute Gasteiger partial charge is 0.191 e. The Hall–Kier alpha value is -2.08. The van der Waals surface area contributed by atoms with E-state index in [1.165, 1.54) is 10.6 Å². The van der Waals surface area contributed by atoms with Crippen LogP contribution in [0.15, 0.2) is 41.5 Å². The molecule has 2 N–H and O–H groups in total. The SMILES string of the molecule is CN=C(NCCCCN(C)c1ccccc1)NCc1ncc(C)s1. The number of aryl methyl sites for hydroxylation is 1. The van der Waals surface area contributed by atoms with Crippen molar-refractivity contribution in [2.24, 2.45) is 4.99 Å². The second kappa shape index (κ2) is 9.93. The first-order chi connectivity index (χ1) is 11.7. The van der Waals surface area contributed by atoms with Crippen LogP contribution in [-0.2, 0) is 6.54 Å². The van der Waals surface area contributed by atoms with Gasteiger partial charge in [-0.15, -0.1) is 11.3 Å². The third-order valence-electron chi connectivity index (χ3n) is 3.71. The number of anilines is 1. The molecule has 130 valence electrons. The van der Waals surface area contributed by atoms with Gasteiger partial charge in [-0.05, 0) is 31.9 Å². The van der Waals surface area contributed by atoms with Crippen molar-refractivity contribution in [3.63, 3.8) is 0 Å². The third-order valence-corrected chi connectivity index (χ3v) is 4.62. The number of hydrogen-bond acceptors (Lipinski definition) is 4. The number of nitrogens with zero attached hydrogens (tertiary/aromatic N) is 3. The van der Waals surface area contributed by atoms with Gasteiger partial charge in [-0.3, -0.25) is 4.99 Å². The van der Waals surface area contributed by atoms with Crippen LogP contribution in [0.3, 0.4) is 0 Å². The summed E-state index contributed by atoms with van der Waals surface area (Å²) in [6.07, 6.45) is 4.15. The summed E-state index contributed by atoms with van der Waals surface area (Å²) in [6, 6.07) is 10.5. The Balaban J connectivity index is 1.60. The summed E-state index contributed by atoms with van der Waals surface area (Å²) in [7, 11) is 3.94. The first-order valence-corrected chi connectivity index (χ1v) is 9.12. The molecule has 1 heterocycles. The number of benzene rings is 1. The number of aromatic nitrogens is 1. The van der Waals surface area contributed by atoms with Crippen molar-refractivity contribution in [2.75, 3.05) is 32.1 Å². The molecule has 2 aromatic rings. The zero-order valence-electron chi connectivity index (χ0n) is 14.7. The largest absolute Gasteiger partial charge is 0.375 e. The summed E-state index contributed by atoms with van der Waals surface area (Å²) in [6.45, 7) is 4.75. The molecule has 6 heteroatoms. The highest BCUT2D eigenvalue weighted by Crippen LogP contribution is 2.11. The lowest BCUT2D eigenvalue weighted by molar-refractivity contribution is 0.686. The number of rotatable bonds is 8. The molecule has 24 heavy (non-hydrogen) atoms. The summed E-state index contributed by atoms with van der Waals surface area (Å²) in [5, 5.41) is 7.74.